The lowest BCUT2D eigenvalue weighted by Gasteiger charge is -2.11. The van der Waals surface area contributed by atoms with E-state index in [0.29, 0.717) is 18.4 Å². The molecule has 0 fully saturated rings. The molecule has 0 spiro atoms. The molecular formula is C22H27N3O5. The first-order valence-electron chi connectivity index (χ1n) is 9.72. The molecule has 1 amide bonds. The van der Waals surface area contributed by atoms with Crippen LogP contribution in [0.5, 0.6) is 5.75 Å². The zero-order valence-electron chi connectivity index (χ0n) is 17.7. The molecule has 1 unspecified atom stereocenters. The highest BCUT2D eigenvalue weighted by Crippen LogP contribution is 2.26. The van der Waals surface area contributed by atoms with Crippen LogP contribution in [0.3, 0.4) is 0 Å². The molecule has 0 radical (unpaired) electrons. The first-order chi connectivity index (χ1) is 14.2. The number of nitrogens with zero attached hydrogens (tertiary/aromatic N) is 3. The number of allylic oxidation sites excluding steroid dienone is 5. The van der Waals surface area contributed by atoms with Crippen molar-refractivity contribution >= 4 is 11.7 Å². The SMILES string of the molecule is CCC/C(C)=C/C=C(\C)C(=O)c1c(O)cc(C(C)CC/C=C/C(=O)N=[N+]=[N-])oc1=O. The maximum Gasteiger partial charge on any atom is 0.351 e. The van der Waals surface area contributed by atoms with Crippen LogP contribution in [0.15, 0.2) is 55.8 Å². The third kappa shape index (κ3) is 7.56. The Morgan fingerprint density at radius 1 is 1.33 bits per heavy atom. The minimum absolute atomic E-state index is 0.240. The van der Waals surface area contributed by atoms with Crippen LogP contribution >= 0.6 is 0 Å². The van der Waals surface area contributed by atoms with Gasteiger partial charge in [0.1, 0.15) is 17.1 Å². The van der Waals surface area contributed by atoms with Crippen molar-refractivity contribution in [1.82, 2.24) is 0 Å². The van der Waals surface area contributed by atoms with Crippen LogP contribution in [-0.4, -0.2) is 16.8 Å². The van der Waals surface area contributed by atoms with Crippen LogP contribution in [0, 0.1) is 0 Å². The smallest absolute Gasteiger partial charge is 0.351 e. The van der Waals surface area contributed by atoms with E-state index in [1.807, 2.05) is 13.0 Å². The molecule has 1 rings (SSSR count). The van der Waals surface area contributed by atoms with Gasteiger partial charge >= 0.3 is 5.63 Å². The molecule has 0 bridgehead atoms. The van der Waals surface area contributed by atoms with Gasteiger partial charge < -0.3 is 9.52 Å². The Morgan fingerprint density at radius 3 is 2.63 bits per heavy atom. The summed E-state index contributed by atoms with van der Waals surface area (Å²) in [6.45, 7) is 7.39. The number of carbonyl (C=O) groups excluding carboxylic acids is 2. The quantitative estimate of drug-likeness (QED) is 0.135. The number of carbonyl (C=O) groups is 2. The lowest BCUT2D eigenvalue weighted by atomic mass is 9.99. The summed E-state index contributed by atoms with van der Waals surface area (Å²) in [5.74, 6) is -1.71. The van der Waals surface area contributed by atoms with Gasteiger partial charge in [0, 0.05) is 16.9 Å². The van der Waals surface area contributed by atoms with E-state index in [1.165, 1.54) is 6.07 Å². The zero-order valence-corrected chi connectivity index (χ0v) is 17.7. The number of hydrogen-bond acceptors (Lipinski definition) is 5. The number of rotatable bonds is 10. The van der Waals surface area contributed by atoms with E-state index in [0.717, 1.165) is 24.5 Å². The lowest BCUT2D eigenvalue weighted by Crippen LogP contribution is -2.16. The molecule has 0 aliphatic heterocycles. The molecule has 1 N–H and O–H groups in total. The van der Waals surface area contributed by atoms with Gasteiger partial charge in [0.15, 0.2) is 5.78 Å². The van der Waals surface area contributed by atoms with E-state index >= 15 is 0 Å². The Bertz CT molecular complexity index is 979. The molecule has 0 aromatic carbocycles. The van der Waals surface area contributed by atoms with Crippen LogP contribution in [0.1, 0.15) is 75.4 Å². The lowest BCUT2D eigenvalue weighted by molar-refractivity contribution is -0.113. The molecule has 0 saturated carbocycles. The van der Waals surface area contributed by atoms with Crippen molar-refractivity contribution in [3.63, 3.8) is 0 Å². The summed E-state index contributed by atoms with van der Waals surface area (Å²) in [5, 5.41) is 13.2. The molecule has 1 heterocycles. The molecule has 0 saturated heterocycles. The maximum atomic E-state index is 12.6. The van der Waals surface area contributed by atoms with Crippen LogP contribution < -0.4 is 5.63 Å². The van der Waals surface area contributed by atoms with Crippen molar-refractivity contribution in [3.05, 3.63) is 73.7 Å². The summed E-state index contributed by atoms with van der Waals surface area (Å²) in [5.41, 5.74) is 8.32. The molecule has 8 nitrogen and oxygen atoms in total. The summed E-state index contributed by atoms with van der Waals surface area (Å²) in [7, 11) is 0. The van der Waals surface area contributed by atoms with Gasteiger partial charge in [-0.25, -0.2) is 4.79 Å². The van der Waals surface area contributed by atoms with Crippen LogP contribution in [-0.2, 0) is 4.79 Å². The highest BCUT2D eigenvalue weighted by atomic mass is 16.4. The second-order valence-electron chi connectivity index (χ2n) is 7.05. The fraction of sp³-hybridized carbons (Fsp3) is 0.409. The van der Waals surface area contributed by atoms with E-state index in [1.54, 1.807) is 26.0 Å². The molecule has 1 aromatic heterocycles. The van der Waals surface area contributed by atoms with Gasteiger partial charge in [-0.15, -0.1) is 0 Å². The van der Waals surface area contributed by atoms with E-state index in [-0.39, 0.29) is 17.2 Å². The average molecular weight is 413 g/mol. The van der Waals surface area contributed by atoms with Gasteiger partial charge in [0.25, 0.3) is 0 Å². The Kier molecular flexibility index (Phi) is 10.1. The van der Waals surface area contributed by atoms with E-state index in [9.17, 15) is 19.5 Å². The van der Waals surface area contributed by atoms with Crippen molar-refractivity contribution in [3.8, 4) is 5.75 Å². The third-order valence-corrected chi connectivity index (χ3v) is 4.45. The molecule has 1 aromatic rings. The minimum atomic E-state index is -0.891. The second-order valence-corrected chi connectivity index (χ2v) is 7.05. The van der Waals surface area contributed by atoms with E-state index < -0.39 is 23.1 Å². The molecule has 0 aliphatic carbocycles. The third-order valence-electron chi connectivity index (χ3n) is 4.45. The van der Waals surface area contributed by atoms with Crippen LogP contribution in [0.25, 0.3) is 10.4 Å². The standard InChI is InChI=1S/C22H27N3O5/c1-5-8-14(2)11-12-16(4)21(28)20-17(26)13-18(30-22(20)29)15(3)9-6-7-10-19(27)24-25-23/h7,10-13,15,26H,5-6,8-9H2,1-4H3/b10-7+,14-11+,16-12+. The van der Waals surface area contributed by atoms with Crippen molar-refractivity contribution in [2.75, 3.05) is 0 Å². The van der Waals surface area contributed by atoms with Gasteiger partial charge in [0.2, 0.25) is 5.91 Å². The maximum absolute atomic E-state index is 12.6. The molecule has 0 aliphatic rings. The molecule has 1 atom stereocenters. The Labute approximate surface area is 175 Å². The number of ketones is 1. The number of hydrogen-bond donors (Lipinski definition) is 1. The Balaban J connectivity index is 2.95. The normalized spacial score (nSPS) is 13.2. The van der Waals surface area contributed by atoms with Crippen molar-refractivity contribution in [2.24, 2.45) is 5.11 Å². The van der Waals surface area contributed by atoms with Gasteiger partial charge in [-0.3, -0.25) is 9.59 Å². The van der Waals surface area contributed by atoms with Gasteiger partial charge in [-0.05, 0) is 55.4 Å². The Morgan fingerprint density at radius 2 is 2.03 bits per heavy atom. The number of aromatic hydroxyl groups is 1. The van der Waals surface area contributed by atoms with Crippen molar-refractivity contribution in [2.45, 2.75) is 59.3 Å². The first kappa shape index (κ1) is 24.7. The fourth-order valence-corrected chi connectivity index (χ4v) is 2.72. The van der Waals surface area contributed by atoms with Crippen molar-refractivity contribution < 1.29 is 19.1 Å². The fourth-order valence-electron chi connectivity index (χ4n) is 2.72. The summed E-state index contributed by atoms with van der Waals surface area (Å²) in [6.07, 6.45) is 9.04. The first-order valence-corrected chi connectivity index (χ1v) is 9.72. The number of Topliss-reactive ketones (excluding diaryl/α,β-unsaturated/α-hetero) is 1. The minimum Gasteiger partial charge on any atom is -0.507 e. The number of amides is 1. The van der Waals surface area contributed by atoms with Gasteiger partial charge in [-0.1, -0.05) is 44.1 Å². The molecule has 160 valence electrons. The second kappa shape index (κ2) is 12.2. The molecule has 30 heavy (non-hydrogen) atoms. The van der Waals surface area contributed by atoms with Crippen LogP contribution in [0.4, 0.5) is 0 Å². The van der Waals surface area contributed by atoms with E-state index in [2.05, 4.69) is 16.9 Å². The van der Waals surface area contributed by atoms with Gasteiger partial charge in [0.05, 0.1) is 0 Å². The summed E-state index contributed by atoms with van der Waals surface area (Å²) in [6, 6.07) is 1.28. The Hall–Kier alpha value is -3.38. The molecule has 8 heteroatoms. The largest absolute Gasteiger partial charge is 0.507 e. The topological polar surface area (TPSA) is 133 Å². The van der Waals surface area contributed by atoms with Crippen LogP contribution in [0.2, 0.25) is 0 Å². The summed E-state index contributed by atoms with van der Waals surface area (Å²) in [4.78, 5) is 38.4. The average Bonchev–Trinajstić information content (AvgIpc) is 2.68. The predicted octanol–water partition coefficient (Wildman–Crippen LogP) is 5.50. The van der Waals surface area contributed by atoms with Crippen molar-refractivity contribution in [1.29, 1.82) is 0 Å². The monoisotopic (exact) mass is 413 g/mol. The number of azide groups is 1. The summed E-state index contributed by atoms with van der Waals surface area (Å²) >= 11 is 0. The van der Waals surface area contributed by atoms with Gasteiger partial charge in [-0.2, -0.15) is 0 Å². The highest BCUT2D eigenvalue weighted by molar-refractivity contribution is 6.09. The molecular weight excluding hydrogens is 386 g/mol. The zero-order chi connectivity index (χ0) is 22.7. The predicted molar refractivity (Wildman–Crippen MR) is 114 cm³/mol. The highest BCUT2D eigenvalue weighted by Gasteiger charge is 2.21. The summed E-state index contributed by atoms with van der Waals surface area (Å²) < 4.78 is 5.27. The van der Waals surface area contributed by atoms with E-state index in [4.69, 9.17) is 9.95 Å².